The second-order valence-corrected chi connectivity index (χ2v) is 13.1. The lowest BCUT2D eigenvalue weighted by molar-refractivity contribution is -0.139. The zero-order valence-corrected chi connectivity index (χ0v) is 25.5. The van der Waals surface area contributed by atoms with Gasteiger partial charge in [0.15, 0.2) is 0 Å². The normalized spacial score (nSPS) is 14.5. The van der Waals surface area contributed by atoms with E-state index < -0.39 is 28.5 Å². The number of hydrogen-bond acceptors (Lipinski definition) is 4. The van der Waals surface area contributed by atoms with Crippen LogP contribution in [0.5, 0.6) is 0 Å². The smallest absolute Gasteiger partial charge is 0.264 e. The van der Waals surface area contributed by atoms with Gasteiger partial charge in [0, 0.05) is 12.6 Å². The summed E-state index contributed by atoms with van der Waals surface area (Å²) in [5.74, 6) is -0.670. The number of amides is 2. The van der Waals surface area contributed by atoms with Gasteiger partial charge in [-0.1, -0.05) is 72.5 Å². The van der Waals surface area contributed by atoms with Crippen molar-refractivity contribution < 1.29 is 18.0 Å². The molecule has 0 radical (unpaired) electrons. The average molecular weight is 576 g/mol. The summed E-state index contributed by atoms with van der Waals surface area (Å²) in [4.78, 5) is 29.2. The van der Waals surface area contributed by atoms with Crippen LogP contribution in [0.1, 0.15) is 60.4 Å². The molecule has 41 heavy (non-hydrogen) atoms. The summed E-state index contributed by atoms with van der Waals surface area (Å²) in [7, 11) is -4.10. The Morgan fingerprint density at radius 1 is 0.878 bits per heavy atom. The van der Waals surface area contributed by atoms with Gasteiger partial charge in [-0.2, -0.15) is 0 Å². The van der Waals surface area contributed by atoms with Crippen LogP contribution in [0.15, 0.2) is 71.6 Å². The van der Waals surface area contributed by atoms with Crippen LogP contribution in [0.4, 0.5) is 5.69 Å². The number of anilines is 1. The number of hydrogen-bond donors (Lipinski definition) is 1. The molecule has 2 amide bonds. The molecule has 8 heteroatoms. The van der Waals surface area contributed by atoms with Gasteiger partial charge in [0.05, 0.1) is 10.6 Å². The van der Waals surface area contributed by atoms with Crippen molar-refractivity contribution in [2.75, 3.05) is 10.8 Å². The highest BCUT2D eigenvalue weighted by Gasteiger charge is 2.34. The van der Waals surface area contributed by atoms with Gasteiger partial charge in [-0.05, 0) is 82.3 Å². The first kappa shape index (κ1) is 30.3. The summed E-state index contributed by atoms with van der Waals surface area (Å²) < 4.78 is 29.3. The van der Waals surface area contributed by atoms with E-state index in [0.29, 0.717) is 5.69 Å². The van der Waals surface area contributed by atoms with E-state index in [4.69, 9.17) is 0 Å². The number of nitrogens with zero attached hydrogens (tertiary/aromatic N) is 2. The maximum Gasteiger partial charge on any atom is 0.264 e. The number of nitrogens with one attached hydrogen (secondary N) is 1. The second kappa shape index (κ2) is 12.9. The largest absolute Gasteiger partial charge is 0.352 e. The molecule has 0 aromatic heterocycles. The first-order chi connectivity index (χ1) is 19.5. The molecule has 4 rings (SSSR count). The van der Waals surface area contributed by atoms with E-state index in [-0.39, 0.29) is 23.4 Å². The second-order valence-electron chi connectivity index (χ2n) is 11.2. The first-order valence-electron chi connectivity index (χ1n) is 14.3. The molecule has 1 fully saturated rings. The van der Waals surface area contributed by atoms with E-state index in [1.807, 2.05) is 64.1 Å². The van der Waals surface area contributed by atoms with Gasteiger partial charge in [-0.25, -0.2) is 8.42 Å². The third kappa shape index (κ3) is 7.17. The molecule has 1 saturated carbocycles. The van der Waals surface area contributed by atoms with E-state index in [9.17, 15) is 18.0 Å². The number of sulfonamides is 1. The molecule has 7 nitrogen and oxygen atoms in total. The van der Waals surface area contributed by atoms with E-state index >= 15 is 0 Å². The summed E-state index contributed by atoms with van der Waals surface area (Å²) in [5.41, 5.74) is 5.00. The fourth-order valence-electron chi connectivity index (χ4n) is 5.38. The zero-order chi connectivity index (χ0) is 29.7. The molecule has 0 aliphatic heterocycles. The van der Waals surface area contributed by atoms with Crippen molar-refractivity contribution in [3.05, 3.63) is 94.5 Å². The Morgan fingerprint density at radius 2 is 1.51 bits per heavy atom. The van der Waals surface area contributed by atoms with Crippen molar-refractivity contribution in [2.24, 2.45) is 0 Å². The van der Waals surface area contributed by atoms with Crippen LogP contribution >= 0.6 is 0 Å². The molecule has 0 spiro atoms. The van der Waals surface area contributed by atoms with E-state index in [1.54, 1.807) is 37.3 Å². The Hall–Kier alpha value is -3.65. The molecular formula is C33H41N3O4S. The molecule has 0 saturated heterocycles. The Kier molecular flexibility index (Phi) is 9.53. The van der Waals surface area contributed by atoms with Gasteiger partial charge in [-0.15, -0.1) is 0 Å². The number of rotatable bonds is 10. The number of carbonyl (C=O) groups is 2. The van der Waals surface area contributed by atoms with E-state index in [1.165, 1.54) is 9.21 Å². The predicted octanol–water partition coefficient (Wildman–Crippen LogP) is 5.59. The summed E-state index contributed by atoms with van der Waals surface area (Å²) in [6.45, 7) is 9.11. The first-order valence-corrected chi connectivity index (χ1v) is 15.7. The Bertz CT molecular complexity index is 1500. The molecule has 0 heterocycles. The molecule has 1 aliphatic carbocycles. The van der Waals surface area contributed by atoms with Crippen molar-refractivity contribution >= 4 is 27.5 Å². The molecule has 1 atom stereocenters. The van der Waals surface area contributed by atoms with Crippen molar-refractivity contribution in [2.45, 2.75) is 83.8 Å². The number of carbonyl (C=O) groups excluding carboxylic acids is 2. The van der Waals surface area contributed by atoms with Gasteiger partial charge in [0.2, 0.25) is 11.8 Å². The van der Waals surface area contributed by atoms with Gasteiger partial charge in [-0.3, -0.25) is 13.9 Å². The van der Waals surface area contributed by atoms with Crippen molar-refractivity contribution in [3.8, 4) is 0 Å². The summed E-state index contributed by atoms with van der Waals surface area (Å²) >= 11 is 0. The predicted molar refractivity (Wildman–Crippen MR) is 163 cm³/mol. The Labute approximate surface area is 244 Å². The Morgan fingerprint density at radius 3 is 2.15 bits per heavy atom. The van der Waals surface area contributed by atoms with E-state index in [0.717, 1.165) is 53.5 Å². The monoisotopic (exact) mass is 575 g/mol. The van der Waals surface area contributed by atoms with Crippen LogP contribution in [-0.4, -0.2) is 43.8 Å². The van der Waals surface area contributed by atoms with Gasteiger partial charge in [0.25, 0.3) is 10.0 Å². The number of aryl methyl sites for hydroxylation is 4. The summed E-state index contributed by atoms with van der Waals surface area (Å²) in [5, 5.41) is 3.11. The summed E-state index contributed by atoms with van der Waals surface area (Å²) in [6, 6.07) is 19.1. The Balaban J connectivity index is 1.72. The van der Waals surface area contributed by atoms with Gasteiger partial charge in [0.1, 0.15) is 12.6 Å². The highest BCUT2D eigenvalue weighted by molar-refractivity contribution is 7.92. The molecule has 0 bridgehead atoms. The molecule has 3 aromatic carbocycles. The lowest BCUT2D eigenvalue weighted by Gasteiger charge is -2.33. The summed E-state index contributed by atoms with van der Waals surface area (Å²) in [6.07, 6.45) is 4.01. The minimum absolute atomic E-state index is 0.105. The molecule has 0 unspecified atom stereocenters. The minimum Gasteiger partial charge on any atom is -0.352 e. The highest BCUT2D eigenvalue weighted by atomic mass is 32.2. The van der Waals surface area contributed by atoms with Crippen LogP contribution in [0.25, 0.3) is 0 Å². The van der Waals surface area contributed by atoms with Crippen LogP contribution in [-0.2, 0) is 26.2 Å². The van der Waals surface area contributed by atoms with Crippen LogP contribution in [0.3, 0.4) is 0 Å². The lowest BCUT2D eigenvalue weighted by atomic mass is 10.1. The third-order valence-electron chi connectivity index (χ3n) is 7.98. The van der Waals surface area contributed by atoms with Crippen LogP contribution in [0.2, 0.25) is 0 Å². The van der Waals surface area contributed by atoms with Crippen LogP contribution in [0, 0.1) is 27.7 Å². The van der Waals surface area contributed by atoms with Crippen LogP contribution < -0.4 is 9.62 Å². The van der Waals surface area contributed by atoms with Crippen molar-refractivity contribution in [1.82, 2.24) is 10.2 Å². The SMILES string of the molecule is Cc1ccc(S(=O)(=O)N(CC(=O)N(Cc2ccccc2C)[C@H](C)C(=O)NC2CCCC2)c2ccc(C)cc2C)cc1. The van der Waals surface area contributed by atoms with Crippen molar-refractivity contribution in [1.29, 1.82) is 0 Å². The zero-order valence-electron chi connectivity index (χ0n) is 24.7. The molecule has 3 aromatic rings. The maximum atomic E-state index is 14.2. The quantitative estimate of drug-likeness (QED) is 0.341. The average Bonchev–Trinajstić information content (AvgIpc) is 3.44. The highest BCUT2D eigenvalue weighted by Crippen LogP contribution is 2.29. The topological polar surface area (TPSA) is 86.8 Å². The molecule has 1 N–H and O–H groups in total. The number of benzene rings is 3. The fraction of sp³-hybridized carbons (Fsp3) is 0.394. The third-order valence-corrected chi connectivity index (χ3v) is 9.75. The van der Waals surface area contributed by atoms with Crippen molar-refractivity contribution in [3.63, 3.8) is 0 Å². The molecule has 218 valence electrons. The minimum atomic E-state index is -4.10. The standard InChI is InChI=1S/C33H41N3O4S/c1-23-14-17-30(18-15-23)41(39,40)36(31-19-16-24(2)20-26(31)4)22-32(37)35(21-28-11-7-6-10-25(28)3)27(5)33(38)34-29-12-8-9-13-29/h6-7,10-11,14-20,27,29H,8-9,12-13,21-22H2,1-5H3,(H,34,38)/t27-/m1/s1. The molecular weight excluding hydrogens is 534 g/mol. The fourth-order valence-corrected chi connectivity index (χ4v) is 6.86. The maximum absolute atomic E-state index is 14.2. The van der Waals surface area contributed by atoms with Gasteiger partial charge < -0.3 is 10.2 Å². The lowest BCUT2D eigenvalue weighted by Crippen LogP contribution is -2.52. The van der Waals surface area contributed by atoms with E-state index in [2.05, 4.69) is 5.32 Å². The van der Waals surface area contributed by atoms with Gasteiger partial charge >= 0.3 is 0 Å². The molecule has 1 aliphatic rings.